The van der Waals surface area contributed by atoms with Gasteiger partial charge in [-0.3, -0.25) is 4.79 Å². The summed E-state index contributed by atoms with van der Waals surface area (Å²) in [6.07, 6.45) is -4.88. The Hall–Kier alpha value is -3.54. The predicted molar refractivity (Wildman–Crippen MR) is 157 cm³/mol. The van der Waals surface area contributed by atoms with Crippen LogP contribution in [0.4, 0.5) is 17.6 Å². The van der Waals surface area contributed by atoms with Crippen molar-refractivity contribution in [3.8, 4) is 22.8 Å². The van der Waals surface area contributed by atoms with Crippen LogP contribution in [-0.4, -0.2) is 55.5 Å². The standard InChI is InChI=1S/C33H38F4N2O5/c1-20-16-21(6-10-25(20)34)26-18-23(31(2,3)38-14-15-42-4)19-30(39-26)32(41,33(35,36)37)13-12-27(40)22-7-11-28(29(17-22)43-5)44-24-8-9-24/h6-7,10-11,16-19,24,38,41H,8-9,12-15H2,1-5H3. The van der Waals surface area contributed by atoms with Gasteiger partial charge >= 0.3 is 6.18 Å². The fourth-order valence-corrected chi connectivity index (χ4v) is 4.78. The SMILES string of the molecule is COCCNC(C)(C)c1cc(-c2ccc(F)c(C)c2)nc(C(O)(CCC(=O)c2ccc(OC3CC3)c(OC)c2)C(F)(F)F)c1. The number of aliphatic hydroxyl groups is 1. The fraction of sp³-hybridized carbons (Fsp3) is 0.455. The number of hydrogen-bond acceptors (Lipinski definition) is 7. The van der Waals surface area contributed by atoms with Crippen molar-refractivity contribution in [2.45, 2.75) is 69.9 Å². The highest BCUT2D eigenvalue weighted by Gasteiger charge is 2.56. The second-order valence-corrected chi connectivity index (χ2v) is 11.6. The molecule has 0 bridgehead atoms. The average Bonchev–Trinajstić information content (AvgIpc) is 3.80. The van der Waals surface area contributed by atoms with Gasteiger partial charge in [0.05, 0.1) is 31.2 Å². The van der Waals surface area contributed by atoms with Gasteiger partial charge in [0, 0.05) is 36.7 Å². The van der Waals surface area contributed by atoms with E-state index in [1.54, 1.807) is 26.0 Å². The van der Waals surface area contributed by atoms with Crippen molar-refractivity contribution in [1.29, 1.82) is 0 Å². The van der Waals surface area contributed by atoms with Gasteiger partial charge in [0.2, 0.25) is 5.60 Å². The van der Waals surface area contributed by atoms with Gasteiger partial charge in [-0.15, -0.1) is 0 Å². The number of carbonyl (C=O) groups is 1. The Morgan fingerprint density at radius 1 is 1.05 bits per heavy atom. The maximum Gasteiger partial charge on any atom is 0.422 e. The molecule has 1 aliphatic rings. The molecule has 0 radical (unpaired) electrons. The highest BCUT2D eigenvalue weighted by atomic mass is 19.4. The number of alkyl halides is 3. The van der Waals surface area contributed by atoms with Crippen molar-refractivity contribution in [1.82, 2.24) is 10.3 Å². The summed E-state index contributed by atoms with van der Waals surface area (Å²) in [6.45, 7) is 5.86. The van der Waals surface area contributed by atoms with Gasteiger partial charge in [-0.1, -0.05) is 0 Å². The number of nitrogens with one attached hydrogen (secondary N) is 1. The predicted octanol–water partition coefficient (Wildman–Crippen LogP) is 6.63. The van der Waals surface area contributed by atoms with E-state index in [4.69, 9.17) is 14.2 Å². The average molecular weight is 619 g/mol. The van der Waals surface area contributed by atoms with Gasteiger partial charge in [0.15, 0.2) is 17.3 Å². The van der Waals surface area contributed by atoms with Gasteiger partial charge in [0.1, 0.15) is 5.82 Å². The Balaban J connectivity index is 1.71. The van der Waals surface area contributed by atoms with E-state index in [0.717, 1.165) is 12.8 Å². The van der Waals surface area contributed by atoms with Gasteiger partial charge in [-0.05, 0) is 99.7 Å². The summed E-state index contributed by atoms with van der Waals surface area (Å²) < 4.78 is 74.5. The Morgan fingerprint density at radius 3 is 2.39 bits per heavy atom. The molecule has 3 aromatic rings. The Morgan fingerprint density at radius 2 is 1.77 bits per heavy atom. The molecular formula is C33H38F4N2O5. The van der Waals surface area contributed by atoms with E-state index in [0.29, 0.717) is 35.8 Å². The normalized spacial score (nSPS) is 15.1. The number of ether oxygens (including phenoxy) is 3. The van der Waals surface area contributed by atoms with Crippen LogP contribution in [0.25, 0.3) is 11.3 Å². The molecule has 0 aliphatic heterocycles. The summed E-state index contributed by atoms with van der Waals surface area (Å²) in [5.74, 6) is -0.341. The van der Waals surface area contributed by atoms with Crippen molar-refractivity contribution in [3.63, 3.8) is 0 Å². The van der Waals surface area contributed by atoms with E-state index in [1.165, 1.54) is 57.5 Å². The van der Waals surface area contributed by atoms with E-state index < -0.39 is 47.5 Å². The molecule has 1 aromatic heterocycles. The van der Waals surface area contributed by atoms with Crippen LogP contribution in [0.3, 0.4) is 0 Å². The second kappa shape index (κ2) is 13.2. The van der Waals surface area contributed by atoms with Crippen molar-refractivity contribution in [3.05, 3.63) is 76.7 Å². The summed E-state index contributed by atoms with van der Waals surface area (Å²) in [5, 5.41) is 14.6. The number of methoxy groups -OCH3 is 2. The van der Waals surface area contributed by atoms with Crippen LogP contribution in [0.1, 0.15) is 66.7 Å². The van der Waals surface area contributed by atoms with Crippen LogP contribution in [-0.2, 0) is 15.9 Å². The van der Waals surface area contributed by atoms with E-state index >= 15 is 0 Å². The molecule has 1 aliphatic carbocycles. The van der Waals surface area contributed by atoms with Crippen LogP contribution >= 0.6 is 0 Å². The zero-order valence-corrected chi connectivity index (χ0v) is 25.5. The molecule has 238 valence electrons. The number of ketones is 1. The van der Waals surface area contributed by atoms with Crippen LogP contribution in [0, 0.1) is 12.7 Å². The van der Waals surface area contributed by atoms with Gasteiger partial charge in [-0.25, -0.2) is 9.37 Å². The first kappa shape index (κ1) is 33.4. The number of carbonyl (C=O) groups excluding carboxylic acids is 1. The molecule has 1 atom stereocenters. The Kier molecular flexibility index (Phi) is 10.0. The van der Waals surface area contributed by atoms with Crippen molar-refractivity contribution in [2.75, 3.05) is 27.4 Å². The lowest BCUT2D eigenvalue weighted by atomic mass is 9.86. The van der Waals surface area contributed by atoms with Crippen LogP contribution < -0.4 is 14.8 Å². The molecule has 4 rings (SSSR count). The molecule has 2 N–H and O–H groups in total. The minimum Gasteiger partial charge on any atom is -0.493 e. The number of nitrogens with zero attached hydrogens (tertiary/aromatic N) is 1. The monoisotopic (exact) mass is 618 g/mol. The van der Waals surface area contributed by atoms with Crippen LogP contribution in [0.2, 0.25) is 0 Å². The molecule has 1 unspecified atom stereocenters. The van der Waals surface area contributed by atoms with Crippen molar-refractivity contribution >= 4 is 5.78 Å². The van der Waals surface area contributed by atoms with Crippen molar-refractivity contribution in [2.24, 2.45) is 0 Å². The molecule has 2 aromatic carbocycles. The maximum atomic E-state index is 14.8. The largest absolute Gasteiger partial charge is 0.493 e. The first-order chi connectivity index (χ1) is 20.7. The third-order valence-electron chi connectivity index (χ3n) is 7.78. The maximum absolute atomic E-state index is 14.8. The molecule has 1 heterocycles. The van der Waals surface area contributed by atoms with Crippen molar-refractivity contribution < 1.29 is 41.7 Å². The third-order valence-corrected chi connectivity index (χ3v) is 7.78. The summed E-state index contributed by atoms with van der Waals surface area (Å²) in [4.78, 5) is 17.4. The summed E-state index contributed by atoms with van der Waals surface area (Å²) in [5.41, 5.74) is -3.70. The number of halogens is 4. The summed E-state index contributed by atoms with van der Waals surface area (Å²) in [6, 6.07) is 11.4. The molecule has 11 heteroatoms. The second-order valence-electron chi connectivity index (χ2n) is 11.6. The number of hydrogen-bond donors (Lipinski definition) is 2. The minimum absolute atomic E-state index is 0.0828. The number of aryl methyl sites for hydroxylation is 1. The third kappa shape index (κ3) is 7.57. The summed E-state index contributed by atoms with van der Waals surface area (Å²) >= 11 is 0. The van der Waals surface area contributed by atoms with E-state index in [2.05, 4.69) is 10.3 Å². The topological polar surface area (TPSA) is 89.9 Å². The molecular weight excluding hydrogens is 580 g/mol. The van der Waals surface area contributed by atoms with Gasteiger partial charge in [-0.2, -0.15) is 13.2 Å². The van der Waals surface area contributed by atoms with E-state index in [9.17, 15) is 27.5 Å². The zero-order valence-electron chi connectivity index (χ0n) is 25.5. The number of pyridine rings is 1. The van der Waals surface area contributed by atoms with E-state index in [1.807, 2.05) is 0 Å². The number of benzene rings is 2. The van der Waals surface area contributed by atoms with E-state index in [-0.39, 0.29) is 22.9 Å². The Bertz CT molecular complexity index is 1490. The fourth-order valence-electron chi connectivity index (χ4n) is 4.78. The smallest absolute Gasteiger partial charge is 0.422 e. The lowest BCUT2D eigenvalue weighted by Crippen LogP contribution is -2.44. The summed E-state index contributed by atoms with van der Waals surface area (Å²) in [7, 11) is 2.95. The van der Waals surface area contributed by atoms with Gasteiger partial charge in [0.25, 0.3) is 0 Å². The highest BCUT2D eigenvalue weighted by Crippen LogP contribution is 2.44. The lowest BCUT2D eigenvalue weighted by molar-refractivity contribution is -0.270. The highest BCUT2D eigenvalue weighted by molar-refractivity contribution is 5.96. The number of aromatic nitrogens is 1. The lowest BCUT2D eigenvalue weighted by Gasteiger charge is -2.33. The quantitative estimate of drug-likeness (QED) is 0.119. The minimum atomic E-state index is -5.18. The molecule has 44 heavy (non-hydrogen) atoms. The molecule has 7 nitrogen and oxygen atoms in total. The number of rotatable bonds is 14. The van der Waals surface area contributed by atoms with Gasteiger partial charge < -0.3 is 24.6 Å². The molecule has 1 fully saturated rings. The van der Waals surface area contributed by atoms with Crippen LogP contribution in [0.5, 0.6) is 11.5 Å². The molecule has 1 saturated carbocycles. The zero-order chi connectivity index (χ0) is 32.3. The van der Waals surface area contributed by atoms with Crippen LogP contribution in [0.15, 0.2) is 48.5 Å². The first-order valence-corrected chi connectivity index (χ1v) is 14.4. The molecule has 0 amide bonds. The molecule has 0 spiro atoms. The molecule has 0 saturated heterocycles. The Labute approximate surface area is 254 Å². The first-order valence-electron chi connectivity index (χ1n) is 14.4. The number of Topliss-reactive ketones (excluding diaryl/α,β-unsaturated/α-hetero) is 1.